The van der Waals surface area contributed by atoms with Gasteiger partial charge in [0.05, 0.1) is 16.1 Å². The molecule has 104 valence electrons. The first-order valence-corrected chi connectivity index (χ1v) is 6.93. The first-order chi connectivity index (χ1) is 9.09. The van der Waals surface area contributed by atoms with Crippen molar-refractivity contribution in [2.75, 3.05) is 18.4 Å². The van der Waals surface area contributed by atoms with Gasteiger partial charge < -0.3 is 10.6 Å². The van der Waals surface area contributed by atoms with Crippen LogP contribution in [-0.4, -0.2) is 19.0 Å². The Kier molecular flexibility index (Phi) is 4.42. The Labute approximate surface area is 117 Å². The second-order valence-electron chi connectivity index (χ2n) is 5.01. The maximum atomic E-state index is 13.7. The van der Waals surface area contributed by atoms with Gasteiger partial charge in [-0.1, -0.05) is 31.0 Å². The zero-order chi connectivity index (χ0) is 13.9. The van der Waals surface area contributed by atoms with Gasteiger partial charge in [-0.2, -0.15) is 0 Å². The molecule has 1 amide bonds. The Balaban J connectivity index is 2.20. The second-order valence-corrected chi connectivity index (χ2v) is 5.42. The van der Waals surface area contributed by atoms with Crippen molar-refractivity contribution in [3.8, 4) is 0 Å². The lowest BCUT2D eigenvalue weighted by molar-refractivity contribution is -0.125. The van der Waals surface area contributed by atoms with E-state index in [1.807, 2.05) is 6.92 Å². The second kappa shape index (κ2) is 5.88. The molecule has 0 aromatic heterocycles. The molecule has 1 fully saturated rings. The van der Waals surface area contributed by atoms with Crippen LogP contribution in [0.5, 0.6) is 0 Å². The molecule has 2 N–H and O–H groups in total. The van der Waals surface area contributed by atoms with Gasteiger partial charge in [0.1, 0.15) is 5.82 Å². The quantitative estimate of drug-likeness (QED) is 0.891. The van der Waals surface area contributed by atoms with Crippen LogP contribution in [0.3, 0.4) is 0 Å². The van der Waals surface area contributed by atoms with Crippen molar-refractivity contribution in [1.29, 1.82) is 0 Å². The summed E-state index contributed by atoms with van der Waals surface area (Å²) in [6.45, 7) is 3.50. The molecule has 1 atom stereocenters. The third-order valence-electron chi connectivity index (χ3n) is 3.66. The van der Waals surface area contributed by atoms with Gasteiger partial charge in [0, 0.05) is 6.54 Å². The summed E-state index contributed by atoms with van der Waals surface area (Å²) in [6, 6.07) is 4.38. The van der Waals surface area contributed by atoms with Gasteiger partial charge in [-0.25, -0.2) is 4.39 Å². The molecule has 1 unspecified atom stereocenters. The van der Waals surface area contributed by atoms with Gasteiger partial charge in [-0.3, -0.25) is 4.79 Å². The number of anilines is 1. The number of benzene rings is 1. The number of rotatable bonds is 4. The first kappa shape index (κ1) is 14.3. The minimum atomic E-state index is -0.501. The molecule has 1 aliphatic heterocycles. The summed E-state index contributed by atoms with van der Waals surface area (Å²) in [4.78, 5) is 12.5. The first-order valence-electron chi connectivity index (χ1n) is 6.55. The van der Waals surface area contributed by atoms with Crippen LogP contribution in [0.25, 0.3) is 0 Å². The summed E-state index contributed by atoms with van der Waals surface area (Å²) in [5, 5.41) is 6.09. The van der Waals surface area contributed by atoms with Crippen LogP contribution < -0.4 is 10.6 Å². The molecule has 19 heavy (non-hydrogen) atoms. The SMILES string of the molecule is CCCC1(C(=O)Nc2c(F)cccc2Cl)CCNC1. The summed E-state index contributed by atoms with van der Waals surface area (Å²) in [6.07, 6.45) is 2.48. The van der Waals surface area contributed by atoms with Crippen LogP contribution in [0.1, 0.15) is 26.2 Å². The lowest BCUT2D eigenvalue weighted by Gasteiger charge is -2.26. The fourth-order valence-corrected chi connectivity index (χ4v) is 2.82. The van der Waals surface area contributed by atoms with E-state index in [-0.39, 0.29) is 16.6 Å². The van der Waals surface area contributed by atoms with E-state index in [2.05, 4.69) is 10.6 Å². The Hall–Kier alpha value is -1.13. The highest BCUT2D eigenvalue weighted by Gasteiger charge is 2.40. The monoisotopic (exact) mass is 284 g/mol. The van der Waals surface area contributed by atoms with Crippen molar-refractivity contribution in [3.63, 3.8) is 0 Å². The van der Waals surface area contributed by atoms with Crippen LogP contribution in [0.4, 0.5) is 10.1 Å². The van der Waals surface area contributed by atoms with Crippen molar-refractivity contribution >= 4 is 23.2 Å². The average Bonchev–Trinajstić information content (AvgIpc) is 2.84. The number of amides is 1. The predicted molar refractivity (Wildman–Crippen MR) is 74.9 cm³/mol. The Bertz CT molecular complexity index is 452. The van der Waals surface area contributed by atoms with Crippen molar-refractivity contribution < 1.29 is 9.18 Å². The van der Waals surface area contributed by atoms with E-state index in [9.17, 15) is 9.18 Å². The Morgan fingerprint density at radius 1 is 1.58 bits per heavy atom. The molecule has 1 aromatic carbocycles. The lowest BCUT2D eigenvalue weighted by Crippen LogP contribution is -2.38. The topological polar surface area (TPSA) is 41.1 Å². The third kappa shape index (κ3) is 2.90. The predicted octanol–water partition coefficient (Wildman–Crippen LogP) is 3.20. The van der Waals surface area contributed by atoms with Crippen molar-refractivity contribution in [2.45, 2.75) is 26.2 Å². The van der Waals surface area contributed by atoms with Crippen LogP contribution in [0.2, 0.25) is 5.02 Å². The molecule has 1 aliphatic rings. The summed E-state index contributed by atoms with van der Waals surface area (Å²) < 4.78 is 13.7. The zero-order valence-electron chi connectivity index (χ0n) is 10.9. The molecule has 0 radical (unpaired) electrons. The normalized spacial score (nSPS) is 22.5. The average molecular weight is 285 g/mol. The fraction of sp³-hybridized carbons (Fsp3) is 0.500. The number of para-hydroxylation sites is 1. The fourth-order valence-electron chi connectivity index (χ4n) is 2.61. The van der Waals surface area contributed by atoms with E-state index in [0.29, 0.717) is 6.54 Å². The van der Waals surface area contributed by atoms with Crippen molar-refractivity contribution in [1.82, 2.24) is 5.32 Å². The van der Waals surface area contributed by atoms with Crippen molar-refractivity contribution in [2.24, 2.45) is 5.41 Å². The van der Waals surface area contributed by atoms with E-state index < -0.39 is 11.2 Å². The van der Waals surface area contributed by atoms with E-state index in [1.54, 1.807) is 6.07 Å². The molecule has 2 rings (SSSR count). The molecule has 5 heteroatoms. The summed E-state index contributed by atoms with van der Waals surface area (Å²) in [5.41, 5.74) is -0.364. The number of carbonyl (C=O) groups is 1. The molecule has 1 aromatic rings. The number of hydrogen-bond acceptors (Lipinski definition) is 2. The van der Waals surface area contributed by atoms with Gasteiger partial charge in [-0.05, 0) is 31.5 Å². The van der Waals surface area contributed by atoms with E-state index in [4.69, 9.17) is 11.6 Å². The van der Waals surface area contributed by atoms with Crippen molar-refractivity contribution in [3.05, 3.63) is 29.0 Å². The molecule has 1 heterocycles. The summed E-state index contributed by atoms with van der Waals surface area (Å²) in [7, 11) is 0. The van der Waals surface area contributed by atoms with E-state index in [1.165, 1.54) is 12.1 Å². The highest BCUT2D eigenvalue weighted by molar-refractivity contribution is 6.33. The highest BCUT2D eigenvalue weighted by atomic mass is 35.5. The van der Waals surface area contributed by atoms with Crippen LogP contribution in [0.15, 0.2) is 18.2 Å². The molecular weight excluding hydrogens is 267 g/mol. The van der Waals surface area contributed by atoms with Gasteiger partial charge >= 0.3 is 0 Å². The summed E-state index contributed by atoms with van der Waals surface area (Å²) in [5.74, 6) is -0.648. The largest absolute Gasteiger partial charge is 0.322 e. The standard InChI is InChI=1S/C14H18ClFN2O/c1-2-6-14(7-8-17-9-14)13(19)18-12-10(15)4-3-5-11(12)16/h3-5,17H,2,6-9H2,1H3,(H,18,19). The number of halogens is 2. The van der Waals surface area contributed by atoms with Crippen LogP contribution >= 0.6 is 11.6 Å². The zero-order valence-corrected chi connectivity index (χ0v) is 11.7. The van der Waals surface area contributed by atoms with Gasteiger partial charge in [0.25, 0.3) is 0 Å². The summed E-state index contributed by atoms with van der Waals surface area (Å²) >= 11 is 5.93. The molecular formula is C14H18ClFN2O. The van der Waals surface area contributed by atoms with E-state index in [0.717, 1.165) is 25.8 Å². The van der Waals surface area contributed by atoms with Gasteiger partial charge in [0.2, 0.25) is 5.91 Å². The number of carbonyl (C=O) groups excluding carboxylic acids is 1. The Morgan fingerprint density at radius 3 is 2.95 bits per heavy atom. The minimum absolute atomic E-state index is 0.0801. The molecule has 0 saturated carbocycles. The van der Waals surface area contributed by atoms with Crippen LogP contribution in [-0.2, 0) is 4.79 Å². The van der Waals surface area contributed by atoms with Gasteiger partial charge in [-0.15, -0.1) is 0 Å². The molecule has 0 aliphatic carbocycles. The van der Waals surface area contributed by atoms with Crippen LogP contribution in [0, 0.1) is 11.2 Å². The Morgan fingerprint density at radius 2 is 2.37 bits per heavy atom. The highest BCUT2D eigenvalue weighted by Crippen LogP contribution is 2.34. The van der Waals surface area contributed by atoms with Gasteiger partial charge in [0.15, 0.2) is 0 Å². The minimum Gasteiger partial charge on any atom is -0.322 e. The molecule has 3 nitrogen and oxygen atoms in total. The third-order valence-corrected chi connectivity index (χ3v) is 3.97. The molecule has 0 spiro atoms. The maximum absolute atomic E-state index is 13.7. The lowest BCUT2D eigenvalue weighted by atomic mass is 9.81. The smallest absolute Gasteiger partial charge is 0.232 e. The number of nitrogens with one attached hydrogen (secondary N) is 2. The van der Waals surface area contributed by atoms with E-state index >= 15 is 0 Å². The number of hydrogen-bond donors (Lipinski definition) is 2. The molecule has 0 bridgehead atoms. The molecule has 1 saturated heterocycles. The maximum Gasteiger partial charge on any atom is 0.232 e.